The first-order valence-electron chi connectivity index (χ1n) is 7.36. The van der Waals surface area contributed by atoms with Crippen LogP contribution in [0, 0.1) is 0 Å². The summed E-state index contributed by atoms with van der Waals surface area (Å²) in [6.07, 6.45) is 5.55. The summed E-state index contributed by atoms with van der Waals surface area (Å²) in [6, 6.07) is -0.0401. The number of carbonyl (C=O) groups excluding carboxylic acids is 1. The van der Waals surface area contributed by atoms with Crippen molar-refractivity contribution in [2.45, 2.75) is 57.5 Å². The highest BCUT2D eigenvalue weighted by atomic mass is 16.4. The summed E-state index contributed by atoms with van der Waals surface area (Å²) in [4.78, 5) is 27.1. The maximum atomic E-state index is 12.1. The van der Waals surface area contributed by atoms with E-state index in [0.717, 1.165) is 19.5 Å². The second-order valence-corrected chi connectivity index (χ2v) is 5.71. The summed E-state index contributed by atoms with van der Waals surface area (Å²) in [5, 5.41) is 9.09. The Bertz CT molecular complexity index is 346. The summed E-state index contributed by atoms with van der Waals surface area (Å²) >= 11 is 0. The second kappa shape index (κ2) is 6.37. The fourth-order valence-electron chi connectivity index (χ4n) is 3.19. The maximum Gasteiger partial charge on any atom is 0.326 e. The van der Waals surface area contributed by atoms with Crippen LogP contribution in [0.15, 0.2) is 0 Å². The van der Waals surface area contributed by atoms with E-state index in [1.165, 1.54) is 19.3 Å². The number of hydrogen-bond acceptors (Lipinski definition) is 3. The number of amides is 1. The van der Waals surface area contributed by atoms with E-state index in [2.05, 4.69) is 11.8 Å². The van der Waals surface area contributed by atoms with E-state index in [9.17, 15) is 9.59 Å². The van der Waals surface area contributed by atoms with Gasteiger partial charge in [0.15, 0.2) is 0 Å². The van der Waals surface area contributed by atoms with Crippen LogP contribution in [0.1, 0.15) is 45.4 Å². The number of likely N-dealkylation sites (tertiary alicyclic amines) is 2. The summed E-state index contributed by atoms with van der Waals surface area (Å²) < 4.78 is 0. The molecule has 5 nitrogen and oxygen atoms in total. The fourth-order valence-corrected chi connectivity index (χ4v) is 3.19. The summed E-state index contributed by atoms with van der Waals surface area (Å²) in [5.41, 5.74) is 0. The third-order valence-corrected chi connectivity index (χ3v) is 4.41. The molecule has 1 amide bonds. The molecule has 2 fully saturated rings. The Hall–Kier alpha value is -1.10. The molecule has 1 N–H and O–H groups in total. The van der Waals surface area contributed by atoms with Gasteiger partial charge in [-0.3, -0.25) is 4.79 Å². The molecule has 2 atom stereocenters. The van der Waals surface area contributed by atoms with Gasteiger partial charge in [0.2, 0.25) is 5.91 Å². The lowest BCUT2D eigenvalue weighted by molar-refractivity contribution is -0.148. The zero-order chi connectivity index (χ0) is 13.8. The molecule has 2 heterocycles. The molecule has 0 aromatic rings. The minimum Gasteiger partial charge on any atom is -0.480 e. The average Bonchev–Trinajstić information content (AvgIpc) is 2.87. The van der Waals surface area contributed by atoms with Gasteiger partial charge in [-0.15, -0.1) is 0 Å². The number of carboxylic acids is 1. The molecular weight excluding hydrogens is 244 g/mol. The number of hydrogen-bond donors (Lipinski definition) is 1. The second-order valence-electron chi connectivity index (χ2n) is 5.71. The highest BCUT2D eigenvalue weighted by Crippen LogP contribution is 2.20. The predicted octanol–water partition coefficient (Wildman–Crippen LogP) is 1.33. The summed E-state index contributed by atoms with van der Waals surface area (Å²) in [5.74, 6) is -0.861. The average molecular weight is 268 g/mol. The van der Waals surface area contributed by atoms with Crippen molar-refractivity contribution in [2.75, 3.05) is 19.6 Å². The van der Waals surface area contributed by atoms with Crippen molar-refractivity contribution in [2.24, 2.45) is 0 Å². The van der Waals surface area contributed by atoms with E-state index >= 15 is 0 Å². The topological polar surface area (TPSA) is 60.9 Å². The number of carboxylic acid groups (broad SMARTS) is 1. The van der Waals surface area contributed by atoms with Gasteiger partial charge in [0, 0.05) is 25.6 Å². The largest absolute Gasteiger partial charge is 0.480 e. The third-order valence-electron chi connectivity index (χ3n) is 4.41. The highest BCUT2D eigenvalue weighted by Gasteiger charge is 2.33. The van der Waals surface area contributed by atoms with Crippen molar-refractivity contribution in [3.63, 3.8) is 0 Å². The standard InChI is InChI=1S/C14H24N2O3/c1-11-5-2-3-8-15(11)10-7-13(17)16-9-4-6-12(16)14(18)19/h11-12H,2-10H2,1H3,(H,18,19)/t11?,12-/m1/s1. The molecule has 0 aromatic heterocycles. The molecule has 0 saturated carbocycles. The van der Waals surface area contributed by atoms with E-state index < -0.39 is 12.0 Å². The lowest BCUT2D eigenvalue weighted by atomic mass is 10.0. The van der Waals surface area contributed by atoms with Crippen molar-refractivity contribution in [1.82, 2.24) is 9.80 Å². The van der Waals surface area contributed by atoms with Crippen LogP contribution in [-0.4, -0.2) is 58.5 Å². The van der Waals surface area contributed by atoms with Gasteiger partial charge in [-0.25, -0.2) is 4.79 Å². The van der Waals surface area contributed by atoms with Crippen molar-refractivity contribution >= 4 is 11.9 Å². The Morgan fingerprint density at radius 3 is 2.63 bits per heavy atom. The van der Waals surface area contributed by atoms with Crippen LogP contribution < -0.4 is 0 Å². The lowest BCUT2D eigenvalue weighted by Crippen LogP contribution is -2.43. The van der Waals surface area contributed by atoms with E-state index in [1.807, 2.05) is 0 Å². The molecule has 2 aliphatic heterocycles. The molecule has 0 radical (unpaired) electrons. The molecular formula is C14H24N2O3. The van der Waals surface area contributed by atoms with E-state index in [1.54, 1.807) is 4.90 Å². The van der Waals surface area contributed by atoms with E-state index in [-0.39, 0.29) is 5.91 Å². The number of aliphatic carboxylic acids is 1. The van der Waals surface area contributed by atoms with Gasteiger partial charge in [-0.05, 0) is 39.2 Å². The van der Waals surface area contributed by atoms with Crippen LogP contribution in [-0.2, 0) is 9.59 Å². The van der Waals surface area contributed by atoms with Crippen molar-refractivity contribution in [3.8, 4) is 0 Å². The van der Waals surface area contributed by atoms with Crippen molar-refractivity contribution < 1.29 is 14.7 Å². The molecule has 2 aliphatic rings. The molecule has 0 aromatic carbocycles. The predicted molar refractivity (Wildman–Crippen MR) is 71.9 cm³/mol. The Morgan fingerprint density at radius 2 is 1.95 bits per heavy atom. The molecule has 5 heteroatoms. The van der Waals surface area contributed by atoms with Crippen LogP contribution >= 0.6 is 0 Å². The van der Waals surface area contributed by atoms with Gasteiger partial charge in [0.25, 0.3) is 0 Å². The number of rotatable bonds is 4. The van der Waals surface area contributed by atoms with Crippen LogP contribution in [0.25, 0.3) is 0 Å². The molecule has 0 spiro atoms. The third kappa shape index (κ3) is 3.47. The lowest BCUT2D eigenvalue weighted by Gasteiger charge is -2.33. The monoisotopic (exact) mass is 268 g/mol. The van der Waals surface area contributed by atoms with Crippen molar-refractivity contribution in [3.05, 3.63) is 0 Å². The van der Waals surface area contributed by atoms with E-state index in [0.29, 0.717) is 25.4 Å². The highest BCUT2D eigenvalue weighted by molar-refractivity contribution is 5.84. The van der Waals surface area contributed by atoms with E-state index in [4.69, 9.17) is 5.11 Å². The summed E-state index contributed by atoms with van der Waals surface area (Å²) in [7, 11) is 0. The van der Waals surface area contributed by atoms with Crippen LogP contribution in [0.2, 0.25) is 0 Å². The minimum absolute atomic E-state index is 0.00248. The Labute approximate surface area is 114 Å². The Kier molecular flexibility index (Phi) is 4.80. The molecule has 1 unspecified atom stereocenters. The van der Waals surface area contributed by atoms with Gasteiger partial charge in [0.05, 0.1) is 0 Å². The van der Waals surface area contributed by atoms with Crippen molar-refractivity contribution in [1.29, 1.82) is 0 Å². The number of carbonyl (C=O) groups is 2. The van der Waals surface area contributed by atoms with Gasteiger partial charge < -0.3 is 14.9 Å². The zero-order valence-electron chi connectivity index (χ0n) is 11.7. The summed E-state index contributed by atoms with van der Waals surface area (Å²) in [6.45, 7) is 4.64. The SMILES string of the molecule is CC1CCCCN1CCC(=O)N1CCC[C@@H]1C(=O)O. The minimum atomic E-state index is -0.864. The Morgan fingerprint density at radius 1 is 1.16 bits per heavy atom. The zero-order valence-corrected chi connectivity index (χ0v) is 11.7. The first-order chi connectivity index (χ1) is 9.09. The molecule has 108 valence electrons. The van der Waals surface area contributed by atoms with Crippen LogP contribution in [0.4, 0.5) is 0 Å². The van der Waals surface area contributed by atoms with Crippen LogP contribution in [0.5, 0.6) is 0 Å². The Balaban J connectivity index is 1.82. The molecule has 0 bridgehead atoms. The maximum absolute atomic E-state index is 12.1. The molecule has 19 heavy (non-hydrogen) atoms. The van der Waals surface area contributed by atoms with Gasteiger partial charge in [0.1, 0.15) is 6.04 Å². The fraction of sp³-hybridized carbons (Fsp3) is 0.857. The number of nitrogens with zero attached hydrogens (tertiary/aromatic N) is 2. The number of piperidine rings is 1. The molecule has 0 aliphatic carbocycles. The first-order valence-corrected chi connectivity index (χ1v) is 7.36. The smallest absolute Gasteiger partial charge is 0.326 e. The molecule has 2 rings (SSSR count). The quantitative estimate of drug-likeness (QED) is 0.835. The molecule has 2 saturated heterocycles. The van der Waals surface area contributed by atoms with Gasteiger partial charge >= 0.3 is 5.97 Å². The van der Waals surface area contributed by atoms with Gasteiger partial charge in [-0.1, -0.05) is 6.42 Å². The van der Waals surface area contributed by atoms with Crippen LogP contribution in [0.3, 0.4) is 0 Å². The first kappa shape index (κ1) is 14.3. The van der Waals surface area contributed by atoms with Gasteiger partial charge in [-0.2, -0.15) is 0 Å². The normalized spacial score (nSPS) is 28.6.